The van der Waals surface area contributed by atoms with Crippen LogP contribution in [0.25, 0.3) is 0 Å². The second-order valence-electron chi connectivity index (χ2n) is 4.77. The van der Waals surface area contributed by atoms with E-state index >= 15 is 0 Å². The van der Waals surface area contributed by atoms with Crippen LogP contribution in [0, 0.1) is 0 Å². The Bertz CT molecular complexity index is 572. The normalized spacial score (nSPS) is 18.2. The van der Waals surface area contributed by atoms with Crippen molar-refractivity contribution in [3.63, 3.8) is 0 Å². The molecule has 3 rings (SSSR count). The van der Waals surface area contributed by atoms with Crippen LogP contribution in [0.15, 0.2) is 59.6 Å². The minimum atomic E-state index is 0.318. The van der Waals surface area contributed by atoms with Gasteiger partial charge in [0.05, 0.1) is 13.2 Å². The molecule has 1 aliphatic heterocycles. The van der Waals surface area contributed by atoms with Crippen LogP contribution in [0.5, 0.6) is 5.75 Å². The Morgan fingerprint density at radius 3 is 2.42 bits per heavy atom. The fourth-order valence-electron chi connectivity index (χ4n) is 2.51. The predicted molar refractivity (Wildman–Crippen MR) is 77.9 cm³/mol. The molecule has 2 aromatic carbocycles. The summed E-state index contributed by atoms with van der Waals surface area (Å²) in [7, 11) is 1.69. The summed E-state index contributed by atoms with van der Waals surface area (Å²) in [5.74, 6) is 0.891. The van der Waals surface area contributed by atoms with Crippen molar-refractivity contribution in [3.05, 3.63) is 65.7 Å². The Kier molecular flexibility index (Phi) is 3.32. The third-order valence-electron chi connectivity index (χ3n) is 3.57. The van der Waals surface area contributed by atoms with E-state index < -0.39 is 0 Å². The summed E-state index contributed by atoms with van der Waals surface area (Å²) in [4.78, 5) is 4.86. The molecule has 0 saturated heterocycles. The van der Waals surface area contributed by atoms with Gasteiger partial charge in [-0.1, -0.05) is 30.3 Å². The van der Waals surface area contributed by atoms with Gasteiger partial charge in [-0.3, -0.25) is 4.99 Å². The maximum absolute atomic E-state index is 5.18. The standard InChI is InChI=1S/C17H17NO/c1-19-15-9-7-14(8-10-15)17-12-11-16(18-17)13-5-3-2-4-6-13/h2-10,16H,11-12H2,1H3. The van der Waals surface area contributed by atoms with Crippen LogP contribution >= 0.6 is 0 Å². The van der Waals surface area contributed by atoms with E-state index in [0.717, 1.165) is 18.6 Å². The summed E-state index contributed by atoms with van der Waals surface area (Å²) in [5.41, 5.74) is 3.72. The first-order valence-electron chi connectivity index (χ1n) is 6.63. The van der Waals surface area contributed by atoms with Crippen LogP contribution in [0.4, 0.5) is 0 Å². The largest absolute Gasteiger partial charge is 0.497 e. The molecule has 1 unspecified atom stereocenters. The van der Waals surface area contributed by atoms with E-state index in [2.05, 4.69) is 36.4 Å². The monoisotopic (exact) mass is 251 g/mol. The summed E-state index contributed by atoms with van der Waals surface area (Å²) in [6.07, 6.45) is 2.15. The first-order valence-corrected chi connectivity index (χ1v) is 6.63. The molecule has 2 aromatic rings. The van der Waals surface area contributed by atoms with Gasteiger partial charge in [-0.15, -0.1) is 0 Å². The van der Waals surface area contributed by atoms with Crippen molar-refractivity contribution in [1.29, 1.82) is 0 Å². The molecule has 0 aliphatic carbocycles. The van der Waals surface area contributed by atoms with Crippen LogP contribution in [-0.4, -0.2) is 12.8 Å². The average molecular weight is 251 g/mol. The van der Waals surface area contributed by atoms with Crippen LogP contribution in [-0.2, 0) is 0 Å². The van der Waals surface area contributed by atoms with Crippen molar-refractivity contribution >= 4 is 5.71 Å². The number of aliphatic imine (C=N–C) groups is 1. The second kappa shape index (κ2) is 5.27. The molecule has 2 nitrogen and oxygen atoms in total. The number of benzene rings is 2. The maximum Gasteiger partial charge on any atom is 0.118 e. The van der Waals surface area contributed by atoms with E-state index in [9.17, 15) is 0 Å². The number of methoxy groups -OCH3 is 1. The minimum absolute atomic E-state index is 0.318. The van der Waals surface area contributed by atoms with E-state index in [-0.39, 0.29) is 0 Å². The topological polar surface area (TPSA) is 21.6 Å². The maximum atomic E-state index is 5.18. The first kappa shape index (κ1) is 12.0. The molecule has 2 heteroatoms. The fourth-order valence-corrected chi connectivity index (χ4v) is 2.51. The van der Waals surface area contributed by atoms with Gasteiger partial charge in [0, 0.05) is 5.71 Å². The molecular formula is C17H17NO. The van der Waals surface area contributed by atoms with Crippen molar-refractivity contribution in [1.82, 2.24) is 0 Å². The Hall–Kier alpha value is -2.09. The van der Waals surface area contributed by atoms with E-state index in [1.165, 1.54) is 16.8 Å². The molecule has 0 N–H and O–H groups in total. The van der Waals surface area contributed by atoms with E-state index in [0.29, 0.717) is 6.04 Å². The molecule has 0 bridgehead atoms. The third kappa shape index (κ3) is 2.53. The summed E-state index contributed by atoms with van der Waals surface area (Å²) >= 11 is 0. The second-order valence-corrected chi connectivity index (χ2v) is 4.77. The van der Waals surface area contributed by atoms with Crippen molar-refractivity contribution in [2.45, 2.75) is 18.9 Å². The lowest BCUT2D eigenvalue weighted by atomic mass is 10.0. The number of nitrogens with zero attached hydrogens (tertiary/aromatic N) is 1. The number of rotatable bonds is 3. The average Bonchev–Trinajstić information content (AvgIpc) is 2.98. The summed E-state index contributed by atoms with van der Waals surface area (Å²) < 4.78 is 5.18. The van der Waals surface area contributed by atoms with Gasteiger partial charge < -0.3 is 4.74 Å². The van der Waals surface area contributed by atoms with Crippen LogP contribution in [0.3, 0.4) is 0 Å². The van der Waals surface area contributed by atoms with E-state index in [4.69, 9.17) is 9.73 Å². The highest BCUT2D eigenvalue weighted by atomic mass is 16.5. The summed E-state index contributed by atoms with van der Waals surface area (Å²) in [6.45, 7) is 0. The highest BCUT2D eigenvalue weighted by Crippen LogP contribution is 2.31. The molecule has 1 heterocycles. The molecular weight excluding hydrogens is 234 g/mol. The van der Waals surface area contributed by atoms with Gasteiger partial charge in [0.2, 0.25) is 0 Å². The predicted octanol–water partition coefficient (Wildman–Crippen LogP) is 4.02. The van der Waals surface area contributed by atoms with Crippen molar-refractivity contribution < 1.29 is 4.74 Å². The smallest absolute Gasteiger partial charge is 0.118 e. The Balaban J connectivity index is 1.82. The molecule has 0 aromatic heterocycles. The van der Waals surface area contributed by atoms with Gasteiger partial charge in [-0.05, 0) is 48.2 Å². The first-order chi connectivity index (χ1) is 9.36. The van der Waals surface area contributed by atoms with Gasteiger partial charge >= 0.3 is 0 Å². The molecule has 0 saturated carbocycles. The lowest BCUT2D eigenvalue weighted by Crippen LogP contribution is -1.95. The highest BCUT2D eigenvalue weighted by Gasteiger charge is 2.19. The van der Waals surface area contributed by atoms with Gasteiger partial charge in [0.1, 0.15) is 5.75 Å². The van der Waals surface area contributed by atoms with Gasteiger partial charge in [0.25, 0.3) is 0 Å². The quantitative estimate of drug-likeness (QED) is 0.807. The van der Waals surface area contributed by atoms with Crippen LogP contribution < -0.4 is 4.74 Å². The highest BCUT2D eigenvalue weighted by molar-refractivity contribution is 6.01. The van der Waals surface area contributed by atoms with E-state index in [1.54, 1.807) is 7.11 Å². The molecule has 96 valence electrons. The van der Waals surface area contributed by atoms with E-state index in [1.807, 2.05) is 18.2 Å². The van der Waals surface area contributed by atoms with Gasteiger partial charge in [0.15, 0.2) is 0 Å². The summed E-state index contributed by atoms with van der Waals surface area (Å²) in [6, 6.07) is 19.0. The number of hydrogen-bond donors (Lipinski definition) is 0. The van der Waals surface area contributed by atoms with Crippen molar-refractivity contribution in [2.75, 3.05) is 7.11 Å². The Labute approximate surface area is 113 Å². The fraction of sp³-hybridized carbons (Fsp3) is 0.235. The molecule has 0 radical (unpaired) electrons. The van der Waals surface area contributed by atoms with Crippen molar-refractivity contribution in [3.8, 4) is 5.75 Å². The Morgan fingerprint density at radius 2 is 1.74 bits per heavy atom. The SMILES string of the molecule is COc1ccc(C2=NC(c3ccccc3)CC2)cc1. The zero-order chi connectivity index (χ0) is 13.1. The molecule has 1 aliphatic rings. The molecule has 19 heavy (non-hydrogen) atoms. The van der Waals surface area contributed by atoms with Crippen LogP contribution in [0.1, 0.15) is 30.0 Å². The lowest BCUT2D eigenvalue weighted by molar-refractivity contribution is 0.415. The Morgan fingerprint density at radius 1 is 1.00 bits per heavy atom. The summed E-state index contributed by atoms with van der Waals surface area (Å²) in [5, 5.41) is 0. The minimum Gasteiger partial charge on any atom is -0.497 e. The zero-order valence-electron chi connectivity index (χ0n) is 11.0. The molecule has 0 fully saturated rings. The molecule has 0 spiro atoms. The number of ether oxygens (including phenoxy) is 1. The van der Waals surface area contributed by atoms with Crippen LogP contribution in [0.2, 0.25) is 0 Å². The number of hydrogen-bond acceptors (Lipinski definition) is 2. The molecule has 0 amide bonds. The van der Waals surface area contributed by atoms with Gasteiger partial charge in [-0.2, -0.15) is 0 Å². The lowest BCUT2D eigenvalue weighted by Gasteiger charge is -2.05. The third-order valence-corrected chi connectivity index (χ3v) is 3.57. The zero-order valence-corrected chi connectivity index (χ0v) is 11.0. The molecule has 1 atom stereocenters. The van der Waals surface area contributed by atoms with Gasteiger partial charge in [-0.25, -0.2) is 0 Å². The van der Waals surface area contributed by atoms with Crippen molar-refractivity contribution in [2.24, 2.45) is 4.99 Å².